The average Bonchev–Trinajstić information content (AvgIpc) is 2.72. The number of esters is 1. The second-order valence-corrected chi connectivity index (χ2v) is 7.88. The van der Waals surface area contributed by atoms with Crippen molar-refractivity contribution in [3.05, 3.63) is 53.8 Å². The van der Waals surface area contributed by atoms with E-state index in [1.165, 1.54) is 17.8 Å². The Morgan fingerprint density at radius 3 is 2.83 bits per heavy atom. The van der Waals surface area contributed by atoms with Crippen LogP contribution in [0.3, 0.4) is 0 Å². The number of fused-ring (bicyclic) bond motifs is 1. The van der Waals surface area contributed by atoms with Gasteiger partial charge < -0.3 is 9.47 Å². The van der Waals surface area contributed by atoms with Crippen LogP contribution in [0, 0.1) is 0 Å². The predicted molar refractivity (Wildman–Crippen MR) is 115 cm³/mol. The topological polar surface area (TPSA) is 68.2 Å². The number of rotatable bonds is 8. The van der Waals surface area contributed by atoms with Gasteiger partial charge in [0.25, 0.3) is 0 Å². The third-order valence-electron chi connectivity index (χ3n) is 4.72. The fraction of sp³-hybridized carbons (Fsp3) is 0.409. The second-order valence-electron chi connectivity index (χ2n) is 6.82. The minimum absolute atomic E-state index is 0.0442. The lowest BCUT2D eigenvalue weighted by atomic mass is 9.94. The molecule has 154 valence electrons. The van der Waals surface area contributed by atoms with Gasteiger partial charge in [-0.1, -0.05) is 49.9 Å². The van der Waals surface area contributed by atoms with Crippen LogP contribution in [0.5, 0.6) is 5.75 Å². The van der Waals surface area contributed by atoms with Crippen LogP contribution >= 0.6 is 11.8 Å². The van der Waals surface area contributed by atoms with Crippen LogP contribution in [0.25, 0.3) is 0 Å². The molecule has 1 aromatic carbocycles. The van der Waals surface area contributed by atoms with E-state index in [1.807, 2.05) is 24.3 Å². The number of nitrogens with zero attached hydrogens (tertiary/aromatic N) is 2. The van der Waals surface area contributed by atoms with Crippen LogP contribution in [0.4, 0.5) is 0 Å². The molecule has 2 heterocycles. The molecular formula is C22H26N2O4S. The number of hydrogen-bond donors (Lipinski definition) is 0. The van der Waals surface area contributed by atoms with Crippen LogP contribution in [0.1, 0.15) is 44.7 Å². The molecule has 0 unspecified atom stereocenters. The van der Waals surface area contributed by atoms with Gasteiger partial charge in [-0.2, -0.15) is 0 Å². The van der Waals surface area contributed by atoms with Gasteiger partial charge in [-0.3, -0.25) is 9.69 Å². The number of benzene rings is 1. The highest BCUT2D eigenvalue weighted by Gasteiger charge is 2.41. The zero-order valence-electron chi connectivity index (χ0n) is 16.8. The largest absolute Gasteiger partial charge is 0.494 e. The number of hydrogen-bond acceptors (Lipinski definition) is 6. The molecular weight excluding hydrogens is 388 g/mol. The van der Waals surface area contributed by atoms with Crippen molar-refractivity contribution in [1.82, 2.24) is 4.90 Å². The molecule has 1 saturated heterocycles. The Labute approximate surface area is 175 Å². The first-order valence-electron chi connectivity index (χ1n) is 9.82. The van der Waals surface area contributed by atoms with E-state index < -0.39 is 12.0 Å². The van der Waals surface area contributed by atoms with Crippen molar-refractivity contribution in [2.45, 2.75) is 39.2 Å². The minimum Gasteiger partial charge on any atom is -0.494 e. The van der Waals surface area contributed by atoms with E-state index in [-0.39, 0.29) is 12.5 Å². The number of allylic oxidation sites excluding steroid dienone is 1. The summed E-state index contributed by atoms with van der Waals surface area (Å²) >= 11 is 1.53. The molecule has 1 fully saturated rings. The summed E-state index contributed by atoms with van der Waals surface area (Å²) in [6, 6.07) is 6.98. The maximum Gasteiger partial charge on any atom is 0.338 e. The van der Waals surface area contributed by atoms with Crippen LogP contribution in [-0.2, 0) is 14.3 Å². The molecule has 0 N–H and O–H groups in total. The summed E-state index contributed by atoms with van der Waals surface area (Å²) in [5.74, 6) is 0.927. The average molecular weight is 415 g/mol. The van der Waals surface area contributed by atoms with Crippen molar-refractivity contribution in [3.63, 3.8) is 0 Å². The summed E-state index contributed by atoms with van der Waals surface area (Å²) in [7, 11) is 0. The van der Waals surface area contributed by atoms with Gasteiger partial charge in [-0.05, 0) is 31.0 Å². The lowest BCUT2D eigenvalue weighted by molar-refractivity contribution is -0.139. The fourth-order valence-electron chi connectivity index (χ4n) is 3.27. The van der Waals surface area contributed by atoms with Gasteiger partial charge in [0.05, 0.1) is 23.9 Å². The Morgan fingerprint density at radius 1 is 1.38 bits per heavy atom. The highest BCUT2D eigenvalue weighted by atomic mass is 32.2. The number of unbranched alkanes of at least 4 members (excludes halogenated alkanes) is 1. The van der Waals surface area contributed by atoms with Gasteiger partial charge in [0.1, 0.15) is 12.4 Å². The molecule has 1 aromatic rings. The third kappa shape index (κ3) is 4.72. The number of aliphatic imine (C=N–C) groups is 1. The summed E-state index contributed by atoms with van der Waals surface area (Å²) in [5, 5.41) is 0.632. The quantitative estimate of drug-likeness (QED) is 0.361. The van der Waals surface area contributed by atoms with Gasteiger partial charge in [-0.15, -0.1) is 0 Å². The second kappa shape index (κ2) is 9.78. The zero-order valence-corrected chi connectivity index (χ0v) is 17.7. The lowest BCUT2D eigenvalue weighted by Crippen LogP contribution is -2.45. The summed E-state index contributed by atoms with van der Waals surface area (Å²) < 4.78 is 11.0. The predicted octanol–water partition coefficient (Wildman–Crippen LogP) is 4.24. The van der Waals surface area contributed by atoms with Crippen LogP contribution in [0.2, 0.25) is 0 Å². The van der Waals surface area contributed by atoms with E-state index in [0.29, 0.717) is 35.2 Å². The molecule has 2 aliphatic heterocycles. The number of thioether (sulfide) groups is 1. The van der Waals surface area contributed by atoms with Gasteiger partial charge in [-0.25, -0.2) is 9.79 Å². The highest BCUT2D eigenvalue weighted by Crippen LogP contribution is 2.40. The smallest absolute Gasteiger partial charge is 0.338 e. The molecule has 29 heavy (non-hydrogen) atoms. The number of ether oxygens (including phenoxy) is 2. The lowest BCUT2D eigenvalue weighted by Gasteiger charge is -2.38. The first kappa shape index (κ1) is 21.2. The minimum atomic E-state index is -0.565. The van der Waals surface area contributed by atoms with Crippen molar-refractivity contribution in [2.24, 2.45) is 4.99 Å². The Bertz CT molecular complexity index is 845. The first-order valence-corrected chi connectivity index (χ1v) is 10.8. The molecule has 2 aliphatic rings. The summed E-state index contributed by atoms with van der Waals surface area (Å²) in [6.07, 6.45) is 3.99. The van der Waals surface area contributed by atoms with Crippen molar-refractivity contribution in [3.8, 4) is 5.75 Å². The number of carbonyl (C=O) groups is 2. The molecule has 3 rings (SSSR count). The maximum absolute atomic E-state index is 12.8. The number of carbonyl (C=O) groups excluding carboxylic acids is 2. The summed E-state index contributed by atoms with van der Waals surface area (Å²) in [4.78, 5) is 31.7. The molecule has 1 atom stereocenters. The van der Waals surface area contributed by atoms with Crippen molar-refractivity contribution < 1.29 is 19.1 Å². The third-order valence-corrected chi connectivity index (χ3v) is 5.68. The number of amidine groups is 1. The Balaban J connectivity index is 1.96. The standard InChI is InChI=1S/C22H26N2O4S/c1-4-6-13-27-17-9-7-16(8-10-17)20-19(21(26)28-12-5-2)15(3)23-22-24(20)18(25)11-14-29-22/h5,7-10,20H,2,4,6,11-14H2,1,3H3/t20-/m0/s1. The van der Waals surface area contributed by atoms with Crippen molar-refractivity contribution >= 4 is 28.8 Å². The SMILES string of the molecule is C=CCOC(=O)C1=C(C)N=C2SCCC(=O)N2[C@H]1c1ccc(OCCCC)cc1. The Hall–Kier alpha value is -2.54. The Kier molecular flexibility index (Phi) is 7.14. The van der Waals surface area contributed by atoms with Crippen molar-refractivity contribution in [2.75, 3.05) is 19.0 Å². The van der Waals surface area contributed by atoms with E-state index >= 15 is 0 Å². The van der Waals surface area contributed by atoms with Gasteiger partial charge >= 0.3 is 5.97 Å². The van der Waals surface area contributed by atoms with Crippen LogP contribution in [-0.4, -0.2) is 40.9 Å². The summed E-state index contributed by atoms with van der Waals surface area (Å²) in [5.41, 5.74) is 1.77. The molecule has 0 aliphatic carbocycles. The molecule has 7 heteroatoms. The molecule has 0 saturated carbocycles. The molecule has 0 spiro atoms. The van der Waals surface area contributed by atoms with Gasteiger partial charge in [0.2, 0.25) is 5.91 Å². The molecule has 1 amide bonds. The Morgan fingerprint density at radius 2 is 2.14 bits per heavy atom. The molecule has 0 radical (unpaired) electrons. The first-order chi connectivity index (χ1) is 14.1. The normalized spacial score (nSPS) is 18.8. The fourth-order valence-corrected chi connectivity index (χ4v) is 4.27. The van der Waals surface area contributed by atoms with E-state index in [0.717, 1.165) is 24.2 Å². The summed E-state index contributed by atoms with van der Waals surface area (Å²) in [6.45, 7) is 8.25. The maximum atomic E-state index is 12.8. The molecule has 6 nitrogen and oxygen atoms in total. The van der Waals surface area contributed by atoms with Crippen LogP contribution in [0.15, 0.2) is 53.2 Å². The monoisotopic (exact) mass is 414 g/mol. The van der Waals surface area contributed by atoms with E-state index in [2.05, 4.69) is 18.5 Å². The van der Waals surface area contributed by atoms with E-state index in [1.54, 1.807) is 11.8 Å². The highest BCUT2D eigenvalue weighted by molar-refractivity contribution is 8.14. The van der Waals surface area contributed by atoms with Gasteiger partial charge in [0.15, 0.2) is 5.17 Å². The van der Waals surface area contributed by atoms with Gasteiger partial charge in [0, 0.05) is 12.2 Å². The van der Waals surface area contributed by atoms with E-state index in [9.17, 15) is 9.59 Å². The van der Waals surface area contributed by atoms with E-state index in [4.69, 9.17) is 9.47 Å². The van der Waals surface area contributed by atoms with Crippen molar-refractivity contribution in [1.29, 1.82) is 0 Å². The molecule has 0 bridgehead atoms. The zero-order chi connectivity index (χ0) is 20.8. The van der Waals surface area contributed by atoms with Crippen LogP contribution < -0.4 is 4.74 Å². The molecule has 0 aromatic heterocycles. The number of amides is 1.